The van der Waals surface area contributed by atoms with E-state index in [1.165, 1.54) is 11.8 Å². The maximum absolute atomic E-state index is 13.3. The lowest BCUT2D eigenvalue weighted by Gasteiger charge is -2.17. The molecule has 1 aromatic carbocycles. The van der Waals surface area contributed by atoms with E-state index in [0.29, 0.717) is 17.0 Å². The topological polar surface area (TPSA) is 61.2 Å². The van der Waals surface area contributed by atoms with E-state index >= 15 is 0 Å². The van der Waals surface area contributed by atoms with Gasteiger partial charge in [-0.05, 0) is 51.0 Å². The molecule has 27 heavy (non-hydrogen) atoms. The van der Waals surface area contributed by atoms with Crippen LogP contribution in [0.3, 0.4) is 0 Å². The van der Waals surface area contributed by atoms with Gasteiger partial charge in [-0.1, -0.05) is 24.8 Å². The van der Waals surface area contributed by atoms with Crippen molar-refractivity contribution in [1.82, 2.24) is 9.55 Å². The Morgan fingerprint density at radius 1 is 1.37 bits per heavy atom. The summed E-state index contributed by atoms with van der Waals surface area (Å²) < 4.78 is 6.76. The summed E-state index contributed by atoms with van der Waals surface area (Å²) in [7, 11) is 0. The summed E-state index contributed by atoms with van der Waals surface area (Å²) in [6, 6.07) is 6.02. The van der Waals surface area contributed by atoms with Crippen LogP contribution in [0, 0.1) is 13.8 Å². The van der Waals surface area contributed by atoms with Gasteiger partial charge in [-0.15, -0.1) is 11.8 Å². The Morgan fingerprint density at radius 2 is 2.04 bits per heavy atom. The third kappa shape index (κ3) is 4.24. The summed E-state index contributed by atoms with van der Waals surface area (Å²) in [4.78, 5) is 30.9. The molecule has 144 valence electrons. The number of esters is 1. The van der Waals surface area contributed by atoms with Gasteiger partial charge in [0.15, 0.2) is 5.16 Å². The first-order valence-corrected chi connectivity index (χ1v) is 10.8. The van der Waals surface area contributed by atoms with Crippen LogP contribution in [0.4, 0.5) is 0 Å². The van der Waals surface area contributed by atoms with Gasteiger partial charge >= 0.3 is 5.97 Å². The Hall–Kier alpha value is -1.73. The molecule has 0 bridgehead atoms. The van der Waals surface area contributed by atoms with Crippen LogP contribution in [0.2, 0.25) is 0 Å². The molecule has 1 aliphatic rings. The quantitative estimate of drug-likeness (QED) is 0.427. The van der Waals surface area contributed by atoms with Crippen molar-refractivity contribution < 1.29 is 9.53 Å². The molecule has 0 radical (unpaired) electrons. The molecule has 0 unspecified atom stereocenters. The first-order valence-electron chi connectivity index (χ1n) is 9.04. The van der Waals surface area contributed by atoms with Crippen LogP contribution in [-0.2, 0) is 16.0 Å². The fourth-order valence-electron chi connectivity index (χ4n) is 3.15. The Kier molecular flexibility index (Phi) is 6.01. The van der Waals surface area contributed by atoms with Gasteiger partial charge in [0, 0.05) is 11.7 Å². The Morgan fingerprint density at radius 3 is 2.67 bits per heavy atom. The highest BCUT2D eigenvalue weighted by Crippen LogP contribution is 2.35. The van der Waals surface area contributed by atoms with Gasteiger partial charge in [-0.3, -0.25) is 14.2 Å². The number of fused-ring (bicyclic) bond motifs is 1. The first kappa shape index (κ1) is 20.0. The SMILES string of the molecule is CCOC(=O)[C@@H](C)Sc1nc2c(c(=O)n1-c1cc(C)cc(C)c1)S[C@H](C)C2. The van der Waals surface area contributed by atoms with E-state index in [2.05, 4.69) is 13.0 Å². The molecule has 5 nitrogen and oxygen atoms in total. The molecular formula is C20H24N2O3S2. The molecule has 1 aliphatic heterocycles. The molecule has 0 saturated heterocycles. The van der Waals surface area contributed by atoms with Crippen LogP contribution in [0.15, 0.2) is 33.0 Å². The molecular weight excluding hydrogens is 380 g/mol. The first-order chi connectivity index (χ1) is 12.8. The van der Waals surface area contributed by atoms with Crippen molar-refractivity contribution in [2.75, 3.05) is 6.61 Å². The molecule has 1 aromatic heterocycles. The summed E-state index contributed by atoms with van der Waals surface area (Å²) in [6.07, 6.45) is 0.768. The van der Waals surface area contributed by atoms with Gasteiger partial charge in [0.05, 0.1) is 22.9 Å². The summed E-state index contributed by atoms with van der Waals surface area (Å²) in [5, 5.41) is 0.424. The number of carbonyl (C=O) groups excluding carboxylic acids is 1. The lowest BCUT2D eigenvalue weighted by molar-refractivity contribution is -0.142. The normalized spacial score (nSPS) is 16.9. The van der Waals surface area contributed by atoms with Gasteiger partial charge in [-0.25, -0.2) is 4.98 Å². The van der Waals surface area contributed by atoms with E-state index in [0.717, 1.165) is 33.8 Å². The van der Waals surface area contributed by atoms with Crippen molar-refractivity contribution in [2.45, 2.75) is 61.6 Å². The molecule has 0 spiro atoms. The van der Waals surface area contributed by atoms with Crippen LogP contribution in [0.25, 0.3) is 5.69 Å². The van der Waals surface area contributed by atoms with Crippen LogP contribution in [-0.4, -0.2) is 32.6 Å². The van der Waals surface area contributed by atoms with Crippen molar-refractivity contribution >= 4 is 29.5 Å². The third-order valence-corrected chi connectivity index (χ3v) is 6.49. The number of rotatable bonds is 5. The summed E-state index contributed by atoms with van der Waals surface area (Å²) in [6.45, 7) is 10.0. The maximum atomic E-state index is 13.3. The second kappa shape index (κ2) is 8.10. The predicted molar refractivity (Wildman–Crippen MR) is 110 cm³/mol. The van der Waals surface area contributed by atoms with Crippen LogP contribution >= 0.6 is 23.5 Å². The van der Waals surface area contributed by atoms with Gasteiger partial charge in [0.25, 0.3) is 5.56 Å². The van der Waals surface area contributed by atoms with E-state index in [1.54, 1.807) is 30.2 Å². The van der Waals surface area contributed by atoms with Gasteiger partial charge in [0.2, 0.25) is 0 Å². The molecule has 2 heterocycles. The third-order valence-electron chi connectivity index (χ3n) is 4.25. The highest BCUT2D eigenvalue weighted by molar-refractivity contribution is 8.00. The lowest BCUT2D eigenvalue weighted by Crippen LogP contribution is -2.26. The molecule has 2 aromatic rings. The number of ether oxygens (including phenoxy) is 1. The number of carbonyl (C=O) groups is 1. The number of aryl methyl sites for hydroxylation is 2. The number of hydrogen-bond acceptors (Lipinski definition) is 6. The fraction of sp³-hybridized carbons (Fsp3) is 0.450. The molecule has 3 rings (SSSR count). The van der Waals surface area contributed by atoms with Crippen LogP contribution < -0.4 is 5.56 Å². The van der Waals surface area contributed by atoms with Crippen molar-refractivity contribution in [3.8, 4) is 5.69 Å². The minimum atomic E-state index is -0.446. The molecule has 7 heteroatoms. The van der Waals surface area contributed by atoms with Gasteiger partial charge in [0.1, 0.15) is 5.25 Å². The average Bonchev–Trinajstić information content (AvgIpc) is 2.95. The van der Waals surface area contributed by atoms with Crippen molar-refractivity contribution in [3.05, 3.63) is 45.4 Å². The molecule has 2 atom stereocenters. The number of benzene rings is 1. The minimum absolute atomic E-state index is 0.0575. The highest BCUT2D eigenvalue weighted by Gasteiger charge is 2.28. The number of aromatic nitrogens is 2. The number of hydrogen-bond donors (Lipinski definition) is 0. The van der Waals surface area contributed by atoms with Gasteiger partial charge < -0.3 is 4.74 Å². The summed E-state index contributed by atoms with van der Waals surface area (Å²) in [5.74, 6) is -0.299. The van der Waals surface area contributed by atoms with E-state index in [1.807, 2.05) is 26.0 Å². The lowest BCUT2D eigenvalue weighted by atomic mass is 10.1. The summed E-state index contributed by atoms with van der Waals surface area (Å²) >= 11 is 2.85. The second-order valence-corrected chi connectivity index (χ2v) is 9.56. The zero-order chi connectivity index (χ0) is 19.7. The van der Waals surface area contributed by atoms with Crippen molar-refractivity contribution in [3.63, 3.8) is 0 Å². The smallest absolute Gasteiger partial charge is 0.319 e. The van der Waals surface area contributed by atoms with Gasteiger partial charge in [-0.2, -0.15) is 0 Å². The standard InChI is InChI=1S/C20H24N2O3S2/c1-6-25-19(24)14(5)27-20-21-16-10-13(4)26-17(16)18(23)22(20)15-8-11(2)7-12(3)9-15/h7-9,13-14H,6,10H2,1-5H3/t13-,14-/m1/s1. The molecule has 0 fully saturated rings. The fourth-order valence-corrected chi connectivity index (χ4v) is 5.19. The Balaban J connectivity index is 2.14. The zero-order valence-electron chi connectivity index (χ0n) is 16.2. The molecule has 0 amide bonds. The number of thioether (sulfide) groups is 2. The van der Waals surface area contributed by atoms with Crippen molar-refractivity contribution in [1.29, 1.82) is 0 Å². The van der Waals surface area contributed by atoms with E-state index in [9.17, 15) is 9.59 Å². The minimum Gasteiger partial charge on any atom is -0.465 e. The van der Waals surface area contributed by atoms with E-state index < -0.39 is 5.25 Å². The highest BCUT2D eigenvalue weighted by atomic mass is 32.2. The predicted octanol–water partition coefficient (Wildman–Crippen LogP) is 3.93. The Bertz CT molecular complexity index is 919. The zero-order valence-corrected chi connectivity index (χ0v) is 17.9. The maximum Gasteiger partial charge on any atom is 0.319 e. The van der Waals surface area contributed by atoms with Crippen LogP contribution in [0.5, 0.6) is 0 Å². The van der Waals surface area contributed by atoms with Crippen molar-refractivity contribution in [2.24, 2.45) is 0 Å². The Labute approximate surface area is 167 Å². The summed E-state index contributed by atoms with van der Waals surface area (Å²) in [5.41, 5.74) is 3.71. The molecule has 0 N–H and O–H groups in total. The second-order valence-electron chi connectivity index (χ2n) is 6.80. The molecule has 0 aliphatic carbocycles. The molecule has 0 saturated carbocycles. The largest absolute Gasteiger partial charge is 0.465 e. The average molecular weight is 405 g/mol. The van der Waals surface area contributed by atoms with E-state index in [-0.39, 0.29) is 11.5 Å². The van der Waals surface area contributed by atoms with E-state index in [4.69, 9.17) is 9.72 Å². The monoisotopic (exact) mass is 404 g/mol. The number of nitrogens with zero attached hydrogens (tertiary/aromatic N) is 2. The van der Waals surface area contributed by atoms with Crippen LogP contribution in [0.1, 0.15) is 37.6 Å².